The summed E-state index contributed by atoms with van der Waals surface area (Å²) < 4.78 is 41.8. The van der Waals surface area contributed by atoms with E-state index in [1.165, 1.54) is 12.1 Å². The quantitative estimate of drug-likeness (QED) is 0.639. The molecular weight excluding hydrogens is 470 g/mol. The molecule has 1 aliphatic heterocycles. The Hall–Kier alpha value is -1.06. The molecule has 0 radical (unpaired) electrons. The SMILES string of the molecule is Cl.Cl.FC(F)(F)Oc1ccc([C@H](c2cccnc2Br)N2CCNCC2)cc1. The van der Waals surface area contributed by atoms with Gasteiger partial charge in [-0.25, -0.2) is 4.98 Å². The van der Waals surface area contributed by atoms with Gasteiger partial charge < -0.3 is 10.1 Å². The minimum atomic E-state index is -4.69. The molecule has 0 amide bonds. The summed E-state index contributed by atoms with van der Waals surface area (Å²) in [6.45, 7) is 3.41. The molecule has 0 aliphatic carbocycles. The van der Waals surface area contributed by atoms with Gasteiger partial charge in [0.05, 0.1) is 6.04 Å². The van der Waals surface area contributed by atoms with E-state index in [-0.39, 0.29) is 36.6 Å². The van der Waals surface area contributed by atoms with Crippen molar-refractivity contribution in [3.8, 4) is 5.75 Å². The van der Waals surface area contributed by atoms with E-state index in [1.807, 2.05) is 12.1 Å². The number of piperazine rings is 1. The molecule has 150 valence electrons. The van der Waals surface area contributed by atoms with Crippen LogP contribution in [0.25, 0.3) is 0 Å². The molecule has 0 spiro atoms. The van der Waals surface area contributed by atoms with E-state index < -0.39 is 6.36 Å². The van der Waals surface area contributed by atoms with Gasteiger partial charge in [0, 0.05) is 37.9 Å². The van der Waals surface area contributed by atoms with Crippen molar-refractivity contribution in [1.29, 1.82) is 0 Å². The maximum atomic E-state index is 12.4. The van der Waals surface area contributed by atoms with Crippen molar-refractivity contribution in [3.05, 3.63) is 58.3 Å². The van der Waals surface area contributed by atoms with E-state index in [4.69, 9.17) is 0 Å². The van der Waals surface area contributed by atoms with Gasteiger partial charge in [0.2, 0.25) is 0 Å². The second kappa shape index (κ2) is 10.5. The van der Waals surface area contributed by atoms with Gasteiger partial charge in [0.15, 0.2) is 0 Å². The third kappa shape index (κ3) is 6.50. The Morgan fingerprint density at radius 3 is 2.26 bits per heavy atom. The molecule has 1 N–H and O–H groups in total. The molecule has 3 rings (SSSR count). The highest BCUT2D eigenvalue weighted by Gasteiger charge is 2.31. The Kier molecular flexibility index (Phi) is 9.30. The Morgan fingerprint density at radius 1 is 1.07 bits per heavy atom. The van der Waals surface area contributed by atoms with Crippen LogP contribution >= 0.6 is 40.7 Å². The Morgan fingerprint density at radius 2 is 1.70 bits per heavy atom. The zero-order valence-electron chi connectivity index (χ0n) is 14.1. The minimum Gasteiger partial charge on any atom is -0.406 e. The fraction of sp³-hybridized carbons (Fsp3) is 0.353. The van der Waals surface area contributed by atoms with Gasteiger partial charge in [-0.1, -0.05) is 18.2 Å². The molecule has 1 fully saturated rings. The number of benzene rings is 1. The molecule has 2 aromatic rings. The fourth-order valence-electron chi connectivity index (χ4n) is 2.98. The number of pyridine rings is 1. The number of hydrogen-bond acceptors (Lipinski definition) is 4. The van der Waals surface area contributed by atoms with Gasteiger partial charge in [0.1, 0.15) is 10.4 Å². The van der Waals surface area contributed by atoms with Crippen molar-refractivity contribution in [2.75, 3.05) is 26.2 Å². The van der Waals surface area contributed by atoms with Gasteiger partial charge in [-0.3, -0.25) is 4.90 Å². The normalized spacial score (nSPS) is 16.0. The van der Waals surface area contributed by atoms with Crippen LogP contribution in [0.3, 0.4) is 0 Å². The first-order valence-electron chi connectivity index (χ1n) is 7.85. The average Bonchev–Trinajstić information content (AvgIpc) is 2.58. The van der Waals surface area contributed by atoms with Crippen LogP contribution in [0.5, 0.6) is 5.75 Å². The maximum Gasteiger partial charge on any atom is 0.573 e. The zero-order valence-corrected chi connectivity index (χ0v) is 17.3. The first-order valence-corrected chi connectivity index (χ1v) is 8.64. The number of aromatic nitrogens is 1. The Balaban J connectivity index is 0.00000182. The van der Waals surface area contributed by atoms with E-state index in [1.54, 1.807) is 18.3 Å². The molecule has 4 nitrogen and oxygen atoms in total. The summed E-state index contributed by atoms with van der Waals surface area (Å²) in [5, 5.41) is 3.31. The van der Waals surface area contributed by atoms with Crippen LogP contribution < -0.4 is 10.1 Å². The van der Waals surface area contributed by atoms with Gasteiger partial charge in [-0.05, 0) is 39.7 Å². The number of alkyl halides is 3. The molecule has 27 heavy (non-hydrogen) atoms. The van der Waals surface area contributed by atoms with Crippen LogP contribution in [0.1, 0.15) is 17.2 Å². The number of halogens is 6. The molecule has 0 unspecified atom stereocenters. The Bertz CT molecular complexity index is 713. The summed E-state index contributed by atoms with van der Waals surface area (Å²) in [7, 11) is 0. The summed E-state index contributed by atoms with van der Waals surface area (Å²) in [4.78, 5) is 6.58. The largest absolute Gasteiger partial charge is 0.573 e. The van der Waals surface area contributed by atoms with Crippen LogP contribution in [0.15, 0.2) is 47.2 Å². The van der Waals surface area contributed by atoms with Gasteiger partial charge in [0.25, 0.3) is 0 Å². The molecule has 0 bridgehead atoms. The third-order valence-electron chi connectivity index (χ3n) is 4.03. The maximum absolute atomic E-state index is 12.4. The summed E-state index contributed by atoms with van der Waals surface area (Å²) in [5.41, 5.74) is 1.87. The lowest BCUT2D eigenvalue weighted by molar-refractivity contribution is -0.274. The number of nitrogens with zero attached hydrogens (tertiary/aromatic N) is 2. The Labute approximate surface area is 176 Å². The van der Waals surface area contributed by atoms with Gasteiger partial charge >= 0.3 is 6.36 Å². The van der Waals surface area contributed by atoms with E-state index in [0.717, 1.165) is 41.9 Å². The molecule has 1 aromatic heterocycles. The molecule has 10 heteroatoms. The summed E-state index contributed by atoms with van der Waals surface area (Å²) in [5.74, 6) is -0.222. The summed E-state index contributed by atoms with van der Waals surface area (Å²) >= 11 is 3.49. The van der Waals surface area contributed by atoms with Crippen LogP contribution in [-0.4, -0.2) is 42.4 Å². The van der Waals surface area contributed by atoms with Crippen molar-refractivity contribution in [3.63, 3.8) is 0 Å². The van der Waals surface area contributed by atoms with Gasteiger partial charge in [-0.15, -0.1) is 38.0 Å². The standard InChI is InChI=1S/C17H17BrF3N3O.2ClH/c18-16-14(2-1-7-23-16)15(24-10-8-22-9-11-24)12-3-5-13(6-4-12)25-17(19,20)21;;/h1-7,15,22H,8-11H2;2*1H/t15-;;/m1../s1. The topological polar surface area (TPSA) is 37.4 Å². The zero-order chi connectivity index (χ0) is 17.9. The summed E-state index contributed by atoms with van der Waals surface area (Å²) in [6.07, 6.45) is -2.99. The van der Waals surface area contributed by atoms with Crippen molar-refractivity contribution >= 4 is 40.7 Å². The van der Waals surface area contributed by atoms with Crippen molar-refractivity contribution in [2.45, 2.75) is 12.4 Å². The number of ether oxygens (including phenoxy) is 1. The number of rotatable bonds is 4. The second-order valence-corrected chi connectivity index (χ2v) is 6.44. The van der Waals surface area contributed by atoms with Crippen LogP contribution in [-0.2, 0) is 0 Å². The predicted molar refractivity (Wildman–Crippen MR) is 106 cm³/mol. The van der Waals surface area contributed by atoms with Crippen LogP contribution in [0, 0.1) is 0 Å². The average molecular weight is 489 g/mol. The first kappa shape index (κ1) is 24.0. The molecule has 1 aliphatic rings. The highest BCUT2D eigenvalue weighted by Crippen LogP contribution is 2.34. The molecule has 0 saturated carbocycles. The lowest BCUT2D eigenvalue weighted by atomic mass is 9.97. The lowest BCUT2D eigenvalue weighted by Gasteiger charge is -2.35. The molecule has 1 atom stereocenters. The van der Waals surface area contributed by atoms with Crippen LogP contribution in [0.2, 0.25) is 0 Å². The molecule has 1 aromatic carbocycles. The van der Waals surface area contributed by atoms with E-state index >= 15 is 0 Å². The van der Waals surface area contributed by atoms with Crippen molar-refractivity contribution in [2.24, 2.45) is 0 Å². The fourth-order valence-corrected chi connectivity index (χ4v) is 3.45. The minimum absolute atomic E-state index is 0. The second-order valence-electron chi connectivity index (χ2n) is 5.69. The van der Waals surface area contributed by atoms with Crippen molar-refractivity contribution in [1.82, 2.24) is 15.2 Å². The smallest absolute Gasteiger partial charge is 0.406 e. The summed E-state index contributed by atoms with van der Waals surface area (Å²) in [6, 6.07) is 9.79. The lowest BCUT2D eigenvalue weighted by Crippen LogP contribution is -2.45. The van der Waals surface area contributed by atoms with E-state index in [0.29, 0.717) is 0 Å². The predicted octanol–water partition coefficient (Wildman–Crippen LogP) is 4.58. The van der Waals surface area contributed by atoms with E-state index in [9.17, 15) is 13.2 Å². The third-order valence-corrected chi connectivity index (χ3v) is 4.69. The van der Waals surface area contributed by atoms with Crippen LogP contribution in [0.4, 0.5) is 13.2 Å². The first-order chi connectivity index (χ1) is 11.9. The van der Waals surface area contributed by atoms with Crippen molar-refractivity contribution < 1.29 is 17.9 Å². The monoisotopic (exact) mass is 487 g/mol. The van der Waals surface area contributed by atoms with E-state index in [2.05, 4.69) is 35.9 Å². The van der Waals surface area contributed by atoms with Gasteiger partial charge in [-0.2, -0.15) is 0 Å². The number of hydrogen-bond donors (Lipinski definition) is 1. The highest BCUT2D eigenvalue weighted by molar-refractivity contribution is 9.10. The highest BCUT2D eigenvalue weighted by atomic mass is 79.9. The molecule has 2 heterocycles. The number of nitrogens with one attached hydrogen (secondary N) is 1. The molecule has 1 saturated heterocycles. The molecular formula is C17H19BrCl2F3N3O.